The molecule has 1 heterocycles. The van der Waals surface area contributed by atoms with Crippen molar-refractivity contribution in [2.45, 2.75) is 26.3 Å². The zero-order valence-corrected chi connectivity index (χ0v) is 11.9. The molecule has 1 aromatic heterocycles. The lowest BCUT2D eigenvalue weighted by Gasteiger charge is -2.14. The molecule has 0 spiro atoms. The lowest BCUT2D eigenvalue weighted by molar-refractivity contribution is 0.380. The van der Waals surface area contributed by atoms with Gasteiger partial charge in [-0.15, -0.1) is 0 Å². The van der Waals surface area contributed by atoms with Gasteiger partial charge in [0.05, 0.1) is 13.7 Å². The van der Waals surface area contributed by atoms with Crippen LogP contribution in [0.25, 0.3) is 11.4 Å². The van der Waals surface area contributed by atoms with Gasteiger partial charge < -0.3 is 15.0 Å². The van der Waals surface area contributed by atoms with E-state index in [0.29, 0.717) is 16.7 Å². The number of ether oxygens (including phenoxy) is 1. The molecule has 0 radical (unpaired) electrons. The Balaban J connectivity index is 2.51. The quantitative estimate of drug-likeness (QED) is 0.932. The zero-order chi connectivity index (χ0) is 14.0. The second kappa shape index (κ2) is 5.59. The van der Waals surface area contributed by atoms with Crippen molar-refractivity contribution in [3.05, 3.63) is 28.6 Å². The van der Waals surface area contributed by atoms with E-state index in [9.17, 15) is 0 Å². The number of rotatable bonds is 4. The first kappa shape index (κ1) is 13.8. The fraction of sp³-hybridized carbons (Fsp3) is 0.385. The van der Waals surface area contributed by atoms with Gasteiger partial charge in [-0.3, -0.25) is 0 Å². The second-order valence-corrected chi connectivity index (χ2v) is 4.85. The smallest absolute Gasteiger partial charge is 0.240 e. The zero-order valence-electron chi connectivity index (χ0n) is 11.1. The Bertz CT molecular complexity index is 581. The number of halogens is 1. The highest BCUT2D eigenvalue weighted by atomic mass is 35.5. The highest BCUT2D eigenvalue weighted by Gasteiger charge is 2.16. The Labute approximate surface area is 116 Å². The molecule has 1 aromatic carbocycles. The van der Waals surface area contributed by atoms with E-state index in [-0.39, 0.29) is 12.5 Å². The third-order valence-corrected chi connectivity index (χ3v) is 3.10. The van der Waals surface area contributed by atoms with Crippen LogP contribution >= 0.6 is 11.6 Å². The van der Waals surface area contributed by atoms with Gasteiger partial charge in [-0.1, -0.05) is 30.6 Å². The molecule has 5 nitrogen and oxygen atoms in total. The molecule has 2 aromatic rings. The number of hydrogen-bond acceptors (Lipinski definition) is 5. The summed E-state index contributed by atoms with van der Waals surface area (Å²) in [6, 6.07) is 3.66. The number of nitrogens with two attached hydrogens (primary N) is 1. The first-order valence-corrected chi connectivity index (χ1v) is 6.35. The number of hydrogen-bond donors (Lipinski definition) is 1. The van der Waals surface area contributed by atoms with Crippen molar-refractivity contribution in [1.82, 2.24) is 10.1 Å². The standard InChI is InChI=1S/C13H16ClN3O2/c1-7(2)12-9(14)4-8(5-10(12)18-3)13-16-11(6-15)19-17-13/h4-5,7H,6,15H2,1-3H3. The van der Waals surface area contributed by atoms with Crippen molar-refractivity contribution in [3.8, 4) is 17.1 Å². The normalized spacial score (nSPS) is 11.1. The van der Waals surface area contributed by atoms with Crippen LogP contribution in [0.3, 0.4) is 0 Å². The number of benzene rings is 1. The van der Waals surface area contributed by atoms with Crippen LogP contribution in [-0.2, 0) is 6.54 Å². The summed E-state index contributed by atoms with van der Waals surface area (Å²) in [5.41, 5.74) is 7.16. The highest BCUT2D eigenvalue weighted by Crippen LogP contribution is 2.36. The Morgan fingerprint density at radius 1 is 1.42 bits per heavy atom. The highest BCUT2D eigenvalue weighted by molar-refractivity contribution is 6.32. The molecule has 0 amide bonds. The summed E-state index contributed by atoms with van der Waals surface area (Å²) >= 11 is 6.31. The summed E-state index contributed by atoms with van der Waals surface area (Å²) in [7, 11) is 1.61. The maximum atomic E-state index is 6.31. The number of nitrogens with zero attached hydrogens (tertiary/aromatic N) is 2. The molecule has 0 bridgehead atoms. The maximum Gasteiger partial charge on any atom is 0.240 e. The fourth-order valence-electron chi connectivity index (χ4n) is 1.91. The summed E-state index contributed by atoms with van der Waals surface area (Å²) in [5.74, 6) is 1.83. The van der Waals surface area contributed by atoms with Gasteiger partial charge in [0.25, 0.3) is 0 Å². The van der Waals surface area contributed by atoms with E-state index >= 15 is 0 Å². The molecular weight excluding hydrogens is 266 g/mol. The van der Waals surface area contributed by atoms with Crippen molar-refractivity contribution in [2.24, 2.45) is 5.73 Å². The molecule has 0 fully saturated rings. The molecule has 0 aliphatic carbocycles. The molecule has 6 heteroatoms. The van der Waals surface area contributed by atoms with Crippen LogP contribution in [0.15, 0.2) is 16.7 Å². The molecule has 0 saturated carbocycles. The van der Waals surface area contributed by atoms with Gasteiger partial charge in [0.2, 0.25) is 11.7 Å². The predicted molar refractivity (Wildman–Crippen MR) is 73.3 cm³/mol. The van der Waals surface area contributed by atoms with Crippen molar-refractivity contribution in [2.75, 3.05) is 7.11 Å². The topological polar surface area (TPSA) is 74.2 Å². The van der Waals surface area contributed by atoms with Crippen LogP contribution in [0.5, 0.6) is 5.75 Å². The number of methoxy groups -OCH3 is 1. The third kappa shape index (κ3) is 2.72. The molecule has 2 N–H and O–H groups in total. The van der Waals surface area contributed by atoms with Gasteiger partial charge in [0.15, 0.2) is 0 Å². The summed E-state index contributed by atoms with van der Waals surface area (Å²) in [6.07, 6.45) is 0. The van der Waals surface area contributed by atoms with Gasteiger partial charge in [-0.05, 0) is 18.1 Å². The third-order valence-electron chi connectivity index (χ3n) is 2.79. The molecule has 2 rings (SSSR count). The summed E-state index contributed by atoms with van der Waals surface area (Å²) < 4.78 is 10.4. The first-order chi connectivity index (χ1) is 9.06. The Hall–Kier alpha value is -1.59. The maximum absolute atomic E-state index is 6.31. The molecule has 0 aliphatic heterocycles. The van der Waals surface area contributed by atoms with Gasteiger partial charge in [-0.25, -0.2) is 0 Å². The lowest BCUT2D eigenvalue weighted by atomic mass is 10.00. The van der Waals surface area contributed by atoms with Crippen LogP contribution in [0.4, 0.5) is 0 Å². The molecule has 0 saturated heterocycles. The molecular formula is C13H16ClN3O2. The predicted octanol–water partition coefficient (Wildman–Crippen LogP) is 2.98. The molecule has 0 aliphatic rings. The van der Waals surface area contributed by atoms with E-state index in [2.05, 4.69) is 24.0 Å². The summed E-state index contributed by atoms with van der Waals surface area (Å²) in [6.45, 7) is 4.33. The Kier molecular flexibility index (Phi) is 4.07. The van der Waals surface area contributed by atoms with E-state index in [1.165, 1.54) is 0 Å². The van der Waals surface area contributed by atoms with Crippen molar-refractivity contribution in [3.63, 3.8) is 0 Å². The SMILES string of the molecule is COc1cc(-c2noc(CN)n2)cc(Cl)c1C(C)C. The van der Waals surface area contributed by atoms with Gasteiger partial charge in [0, 0.05) is 16.1 Å². The van der Waals surface area contributed by atoms with Crippen LogP contribution in [0, 0.1) is 0 Å². The lowest BCUT2D eigenvalue weighted by Crippen LogP contribution is -1.97. The molecule has 0 atom stereocenters. The minimum atomic E-state index is 0.210. The van der Waals surface area contributed by atoms with Crippen molar-refractivity contribution in [1.29, 1.82) is 0 Å². The van der Waals surface area contributed by atoms with Crippen LogP contribution in [0.1, 0.15) is 31.2 Å². The minimum absolute atomic E-state index is 0.210. The van der Waals surface area contributed by atoms with E-state index < -0.39 is 0 Å². The van der Waals surface area contributed by atoms with E-state index in [4.69, 9.17) is 26.6 Å². The largest absolute Gasteiger partial charge is 0.496 e. The fourth-order valence-corrected chi connectivity index (χ4v) is 2.33. The average Bonchev–Trinajstić information content (AvgIpc) is 2.85. The Morgan fingerprint density at radius 3 is 2.68 bits per heavy atom. The summed E-state index contributed by atoms with van der Waals surface area (Å²) in [5, 5.41) is 4.50. The minimum Gasteiger partial charge on any atom is -0.496 e. The first-order valence-electron chi connectivity index (χ1n) is 5.97. The van der Waals surface area contributed by atoms with Crippen LogP contribution < -0.4 is 10.5 Å². The summed E-state index contributed by atoms with van der Waals surface area (Å²) in [4.78, 5) is 4.17. The molecule has 102 valence electrons. The van der Waals surface area contributed by atoms with E-state index in [0.717, 1.165) is 16.9 Å². The van der Waals surface area contributed by atoms with Gasteiger partial charge in [-0.2, -0.15) is 4.98 Å². The van der Waals surface area contributed by atoms with E-state index in [1.807, 2.05) is 12.1 Å². The Morgan fingerprint density at radius 2 is 2.16 bits per heavy atom. The van der Waals surface area contributed by atoms with Gasteiger partial charge >= 0.3 is 0 Å². The van der Waals surface area contributed by atoms with Crippen LogP contribution in [0.2, 0.25) is 5.02 Å². The van der Waals surface area contributed by atoms with E-state index in [1.54, 1.807) is 7.11 Å². The van der Waals surface area contributed by atoms with Crippen LogP contribution in [-0.4, -0.2) is 17.3 Å². The molecule has 19 heavy (non-hydrogen) atoms. The van der Waals surface area contributed by atoms with Crippen molar-refractivity contribution < 1.29 is 9.26 Å². The van der Waals surface area contributed by atoms with Crippen molar-refractivity contribution >= 4 is 11.6 Å². The average molecular weight is 282 g/mol. The molecule has 0 unspecified atom stereocenters. The number of aromatic nitrogens is 2. The van der Waals surface area contributed by atoms with Gasteiger partial charge in [0.1, 0.15) is 5.75 Å². The second-order valence-electron chi connectivity index (χ2n) is 4.44. The monoisotopic (exact) mass is 281 g/mol.